The lowest BCUT2D eigenvalue weighted by molar-refractivity contribution is -0.137. The Morgan fingerprint density at radius 3 is 2.71 bits per heavy atom. The molecule has 0 atom stereocenters. The number of rotatable bonds is 7. The van der Waals surface area contributed by atoms with Gasteiger partial charge in [-0.2, -0.15) is 18.3 Å². The molecular formula is C19H16ClF3N2O3. The fourth-order valence-electron chi connectivity index (χ4n) is 2.16. The van der Waals surface area contributed by atoms with Crippen LogP contribution < -0.4 is 14.9 Å². The predicted molar refractivity (Wildman–Crippen MR) is 100 cm³/mol. The zero-order valence-corrected chi connectivity index (χ0v) is 15.5. The summed E-state index contributed by atoms with van der Waals surface area (Å²) < 4.78 is 48.8. The lowest BCUT2D eigenvalue weighted by atomic mass is 10.1. The molecule has 2 rings (SSSR count). The standard InChI is InChI=1S/C19H16ClF3N2O3/c1-3-7-28-17-15(20)8-12(9-16(17)27-2)11-24-25-18(26)13-5-4-6-14(10-13)19(21,22)23/h3-6,8-11H,1,7H2,2H3,(H,25,26). The molecule has 0 bridgehead atoms. The predicted octanol–water partition coefficient (Wildman–Crippen LogP) is 4.70. The molecule has 0 saturated carbocycles. The third-order valence-corrected chi connectivity index (χ3v) is 3.71. The minimum Gasteiger partial charge on any atom is -0.493 e. The fourth-order valence-corrected chi connectivity index (χ4v) is 2.44. The molecule has 0 aromatic heterocycles. The Hall–Kier alpha value is -3.00. The third-order valence-electron chi connectivity index (χ3n) is 3.43. The molecule has 0 radical (unpaired) electrons. The van der Waals surface area contributed by atoms with E-state index in [4.69, 9.17) is 21.1 Å². The monoisotopic (exact) mass is 412 g/mol. The highest BCUT2D eigenvalue weighted by molar-refractivity contribution is 6.32. The normalized spacial score (nSPS) is 11.3. The van der Waals surface area contributed by atoms with Gasteiger partial charge in [-0.3, -0.25) is 4.79 Å². The molecule has 0 aliphatic rings. The average molecular weight is 413 g/mol. The molecule has 148 valence electrons. The van der Waals surface area contributed by atoms with Crippen molar-refractivity contribution in [2.24, 2.45) is 5.10 Å². The van der Waals surface area contributed by atoms with Gasteiger partial charge in [-0.05, 0) is 35.9 Å². The summed E-state index contributed by atoms with van der Waals surface area (Å²) >= 11 is 6.15. The summed E-state index contributed by atoms with van der Waals surface area (Å²) in [5.74, 6) is -0.111. The van der Waals surface area contributed by atoms with E-state index in [1.807, 2.05) is 0 Å². The van der Waals surface area contributed by atoms with Crippen molar-refractivity contribution < 1.29 is 27.4 Å². The Balaban J connectivity index is 2.13. The largest absolute Gasteiger partial charge is 0.493 e. The summed E-state index contributed by atoms with van der Waals surface area (Å²) in [5, 5.41) is 4.00. The fraction of sp³-hybridized carbons (Fsp3) is 0.158. The van der Waals surface area contributed by atoms with Crippen LogP contribution in [-0.2, 0) is 6.18 Å². The third kappa shape index (κ3) is 5.50. The Kier molecular flexibility index (Phi) is 7.06. The van der Waals surface area contributed by atoms with E-state index in [9.17, 15) is 18.0 Å². The van der Waals surface area contributed by atoms with E-state index in [0.717, 1.165) is 18.2 Å². The number of nitrogens with zero attached hydrogens (tertiary/aromatic N) is 1. The van der Waals surface area contributed by atoms with Crippen LogP contribution in [0.25, 0.3) is 0 Å². The van der Waals surface area contributed by atoms with Crippen molar-refractivity contribution in [2.75, 3.05) is 13.7 Å². The molecule has 0 heterocycles. The SMILES string of the molecule is C=CCOc1c(Cl)cc(C=NNC(=O)c2cccc(C(F)(F)F)c2)cc1OC. The minimum atomic E-state index is -4.54. The number of carbonyl (C=O) groups excluding carboxylic acids is 1. The van der Waals surface area contributed by atoms with Crippen LogP contribution in [0.1, 0.15) is 21.5 Å². The van der Waals surface area contributed by atoms with E-state index < -0.39 is 17.6 Å². The van der Waals surface area contributed by atoms with Gasteiger partial charge >= 0.3 is 6.18 Å². The van der Waals surface area contributed by atoms with Crippen LogP contribution in [0.3, 0.4) is 0 Å². The van der Waals surface area contributed by atoms with E-state index in [1.54, 1.807) is 12.1 Å². The second-order valence-corrected chi connectivity index (χ2v) is 5.82. The molecule has 0 spiro atoms. The first kappa shape index (κ1) is 21.3. The summed E-state index contributed by atoms with van der Waals surface area (Å²) in [5.41, 5.74) is 1.56. The number of benzene rings is 2. The van der Waals surface area contributed by atoms with Crippen molar-refractivity contribution in [3.63, 3.8) is 0 Å². The van der Waals surface area contributed by atoms with Gasteiger partial charge < -0.3 is 9.47 Å². The number of hydrogen-bond acceptors (Lipinski definition) is 4. The van der Waals surface area contributed by atoms with Crippen LogP contribution in [-0.4, -0.2) is 25.8 Å². The molecule has 0 fully saturated rings. The van der Waals surface area contributed by atoms with Crippen LogP contribution >= 0.6 is 11.6 Å². The van der Waals surface area contributed by atoms with Crippen LogP contribution in [0.4, 0.5) is 13.2 Å². The van der Waals surface area contributed by atoms with Gasteiger partial charge in [-0.15, -0.1) is 0 Å². The van der Waals surface area contributed by atoms with Crippen molar-refractivity contribution in [2.45, 2.75) is 6.18 Å². The van der Waals surface area contributed by atoms with Crippen LogP contribution in [0.15, 0.2) is 54.2 Å². The Morgan fingerprint density at radius 1 is 1.32 bits per heavy atom. The number of methoxy groups -OCH3 is 1. The summed E-state index contributed by atoms with van der Waals surface area (Å²) in [6, 6.07) is 7.13. The molecule has 0 saturated heterocycles. The van der Waals surface area contributed by atoms with Gasteiger partial charge in [0.25, 0.3) is 5.91 Å². The molecule has 5 nitrogen and oxygen atoms in total. The second kappa shape index (κ2) is 9.27. The van der Waals surface area contributed by atoms with E-state index in [1.165, 1.54) is 25.5 Å². The zero-order chi connectivity index (χ0) is 20.7. The van der Waals surface area contributed by atoms with Crippen molar-refractivity contribution in [3.05, 3.63) is 70.8 Å². The zero-order valence-electron chi connectivity index (χ0n) is 14.7. The number of nitrogens with one attached hydrogen (secondary N) is 1. The van der Waals surface area contributed by atoms with E-state index in [0.29, 0.717) is 17.1 Å². The molecule has 2 aromatic rings. The highest BCUT2D eigenvalue weighted by Gasteiger charge is 2.30. The summed E-state index contributed by atoms with van der Waals surface area (Å²) in [7, 11) is 1.43. The highest BCUT2D eigenvalue weighted by Crippen LogP contribution is 2.36. The smallest absolute Gasteiger partial charge is 0.416 e. The van der Waals surface area contributed by atoms with E-state index >= 15 is 0 Å². The Morgan fingerprint density at radius 2 is 2.07 bits per heavy atom. The minimum absolute atomic E-state index is 0.171. The molecule has 28 heavy (non-hydrogen) atoms. The Bertz CT molecular complexity index is 898. The number of hydrazone groups is 1. The van der Waals surface area contributed by atoms with Gasteiger partial charge in [-0.1, -0.05) is 30.3 Å². The molecule has 0 unspecified atom stereocenters. The van der Waals surface area contributed by atoms with E-state index in [2.05, 4.69) is 17.1 Å². The Labute approximate surface area is 164 Å². The summed E-state index contributed by atoms with van der Waals surface area (Å²) in [6.45, 7) is 3.78. The number of halogens is 4. The molecular weight excluding hydrogens is 397 g/mol. The maximum absolute atomic E-state index is 12.7. The molecule has 2 aromatic carbocycles. The van der Waals surface area contributed by atoms with Gasteiger partial charge in [0.1, 0.15) is 6.61 Å². The molecule has 1 amide bonds. The van der Waals surface area contributed by atoms with Crippen molar-refractivity contribution in [3.8, 4) is 11.5 Å². The number of amides is 1. The lowest BCUT2D eigenvalue weighted by Gasteiger charge is -2.12. The molecule has 9 heteroatoms. The average Bonchev–Trinajstić information content (AvgIpc) is 2.66. The number of alkyl halides is 3. The maximum Gasteiger partial charge on any atom is 0.416 e. The second-order valence-electron chi connectivity index (χ2n) is 5.41. The number of carbonyl (C=O) groups is 1. The van der Waals surface area contributed by atoms with Crippen LogP contribution in [0, 0.1) is 0 Å². The summed E-state index contributed by atoms with van der Waals surface area (Å²) in [4.78, 5) is 12.0. The molecule has 0 aliphatic heterocycles. The van der Waals surface area contributed by atoms with Gasteiger partial charge in [0.2, 0.25) is 0 Å². The van der Waals surface area contributed by atoms with Crippen LogP contribution in [0.2, 0.25) is 5.02 Å². The number of hydrogen-bond donors (Lipinski definition) is 1. The van der Waals surface area contributed by atoms with Crippen molar-refractivity contribution in [1.29, 1.82) is 0 Å². The van der Waals surface area contributed by atoms with E-state index in [-0.39, 0.29) is 17.2 Å². The van der Waals surface area contributed by atoms with Gasteiger partial charge in [0.05, 0.1) is 23.9 Å². The quantitative estimate of drug-likeness (QED) is 0.407. The topological polar surface area (TPSA) is 59.9 Å². The lowest BCUT2D eigenvalue weighted by Crippen LogP contribution is -2.18. The number of ether oxygens (including phenoxy) is 2. The molecule has 1 N–H and O–H groups in total. The maximum atomic E-state index is 12.7. The molecule has 0 aliphatic carbocycles. The van der Waals surface area contributed by atoms with Gasteiger partial charge in [0.15, 0.2) is 11.5 Å². The van der Waals surface area contributed by atoms with Crippen molar-refractivity contribution in [1.82, 2.24) is 5.43 Å². The summed E-state index contributed by atoms with van der Waals surface area (Å²) in [6.07, 6.45) is -1.71. The van der Waals surface area contributed by atoms with Crippen LogP contribution in [0.5, 0.6) is 11.5 Å². The first-order valence-electron chi connectivity index (χ1n) is 7.88. The van der Waals surface area contributed by atoms with Gasteiger partial charge in [0, 0.05) is 5.56 Å². The first-order valence-corrected chi connectivity index (χ1v) is 8.26. The highest BCUT2D eigenvalue weighted by atomic mass is 35.5. The first-order chi connectivity index (χ1) is 13.3. The van der Waals surface area contributed by atoms with Gasteiger partial charge in [-0.25, -0.2) is 5.43 Å². The van der Waals surface area contributed by atoms with Crippen molar-refractivity contribution >= 4 is 23.7 Å².